The third-order valence-electron chi connectivity index (χ3n) is 6.80. The quantitative estimate of drug-likeness (QED) is 0.451. The molecule has 8 nitrogen and oxygen atoms in total. The fourth-order valence-corrected chi connectivity index (χ4v) is 5.88. The summed E-state index contributed by atoms with van der Waals surface area (Å²) in [5, 5.41) is 10.5. The predicted octanol–water partition coefficient (Wildman–Crippen LogP) is 4.14. The van der Waals surface area contributed by atoms with E-state index in [1.54, 1.807) is 6.20 Å². The number of pyridine rings is 1. The van der Waals surface area contributed by atoms with Crippen LogP contribution in [-0.2, 0) is 18.0 Å². The molecule has 5 heterocycles. The van der Waals surface area contributed by atoms with Gasteiger partial charge in [0.05, 0.1) is 35.4 Å². The average Bonchev–Trinajstić information content (AvgIpc) is 3.58. The van der Waals surface area contributed by atoms with Crippen molar-refractivity contribution in [3.8, 4) is 23.3 Å². The SMILES string of the molecule is CN1CCCC1COc1ncc2c3c(c(-c4ncc(F)c5sc(N)c(C#N)c45)c(F)c2n1)COC3. The molecule has 0 radical (unpaired) electrons. The summed E-state index contributed by atoms with van der Waals surface area (Å²) >= 11 is 0.940. The minimum absolute atomic E-state index is 0.0648. The normalized spacial score (nSPS) is 17.8. The van der Waals surface area contributed by atoms with Gasteiger partial charge in [0, 0.05) is 28.6 Å². The van der Waals surface area contributed by atoms with E-state index in [1.165, 1.54) is 0 Å². The van der Waals surface area contributed by atoms with E-state index in [-0.39, 0.29) is 62.7 Å². The average molecular weight is 495 g/mol. The van der Waals surface area contributed by atoms with E-state index in [0.29, 0.717) is 17.6 Å². The maximum Gasteiger partial charge on any atom is 0.317 e. The fraction of sp³-hybridized carbons (Fsp3) is 0.333. The number of ether oxygens (including phenoxy) is 2. The fourth-order valence-electron chi connectivity index (χ4n) is 4.96. The number of likely N-dealkylation sites (N-methyl/N-ethyl adjacent to an activating group) is 1. The molecular formula is C24H20F2N6O2S. The summed E-state index contributed by atoms with van der Waals surface area (Å²) in [7, 11) is 2.04. The number of fused-ring (bicyclic) bond motifs is 4. The Hall–Kier alpha value is -3.46. The second kappa shape index (κ2) is 8.34. The number of thiophene rings is 1. The maximum atomic E-state index is 16.2. The molecule has 2 aliphatic heterocycles. The van der Waals surface area contributed by atoms with Crippen LogP contribution >= 0.6 is 11.3 Å². The number of rotatable bonds is 4. The molecule has 178 valence electrons. The summed E-state index contributed by atoms with van der Waals surface area (Å²) in [5.41, 5.74) is 7.70. The lowest BCUT2D eigenvalue weighted by Gasteiger charge is -2.19. The van der Waals surface area contributed by atoms with Gasteiger partial charge < -0.3 is 20.1 Å². The first kappa shape index (κ1) is 22.0. The Morgan fingerprint density at radius 1 is 1.29 bits per heavy atom. The Labute approximate surface area is 202 Å². The molecule has 0 saturated carbocycles. The van der Waals surface area contributed by atoms with E-state index in [2.05, 4.69) is 19.9 Å². The molecule has 0 amide bonds. The standard InChI is InChI=1S/C24H20F2N6O2S/c1-32-4-2-3-11(32)8-34-24-30-6-13-14-9-33-10-15(14)17(19(26)20(13)31-24)21-18-12(5-27)23(28)35-22(18)16(25)7-29-21/h6-7,11H,2-4,8-10,28H2,1H3. The third-order valence-corrected chi connectivity index (χ3v) is 7.83. The molecule has 3 aromatic heterocycles. The van der Waals surface area contributed by atoms with E-state index in [0.717, 1.165) is 42.5 Å². The molecule has 6 rings (SSSR count). The van der Waals surface area contributed by atoms with Gasteiger partial charge in [-0.15, -0.1) is 11.3 Å². The molecule has 1 atom stereocenters. The van der Waals surface area contributed by atoms with Crippen molar-refractivity contribution >= 4 is 37.3 Å². The second-order valence-electron chi connectivity index (χ2n) is 8.75. The summed E-state index contributed by atoms with van der Waals surface area (Å²) in [4.78, 5) is 15.1. The number of anilines is 1. The number of hydrogen-bond acceptors (Lipinski definition) is 9. The van der Waals surface area contributed by atoms with E-state index in [9.17, 15) is 9.65 Å². The number of benzene rings is 1. The smallest absolute Gasteiger partial charge is 0.317 e. The maximum absolute atomic E-state index is 16.2. The van der Waals surface area contributed by atoms with Crippen molar-refractivity contribution in [3.05, 3.63) is 40.7 Å². The van der Waals surface area contributed by atoms with Gasteiger partial charge in [-0.1, -0.05) is 0 Å². The van der Waals surface area contributed by atoms with Crippen molar-refractivity contribution in [2.24, 2.45) is 0 Å². The molecule has 0 bridgehead atoms. The molecule has 4 aromatic rings. The monoisotopic (exact) mass is 494 g/mol. The van der Waals surface area contributed by atoms with Gasteiger partial charge in [-0.2, -0.15) is 10.2 Å². The van der Waals surface area contributed by atoms with E-state index < -0.39 is 11.6 Å². The van der Waals surface area contributed by atoms with Gasteiger partial charge >= 0.3 is 6.01 Å². The van der Waals surface area contributed by atoms with Crippen LogP contribution in [0.5, 0.6) is 6.01 Å². The van der Waals surface area contributed by atoms with Crippen molar-refractivity contribution < 1.29 is 18.3 Å². The van der Waals surface area contributed by atoms with Gasteiger partial charge in [-0.25, -0.2) is 13.8 Å². The molecule has 1 aromatic carbocycles. The first-order valence-electron chi connectivity index (χ1n) is 11.2. The van der Waals surface area contributed by atoms with Gasteiger partial charge in [-0.3, -0.25) is 4.98 Å². The number of halogens is 2. The van der Waals surface area contributed by atoms with Crippen LogP contribution in [0.4, 0.5) is 13.8 Å². The Morgan fingerprint density at radius 2 is 2.11 bits per heavy atom. The molecule has 35 heavy (non-hydrogen) atoms. The van der Waals surface area contributed by atoms with Crippen LogP contribution in [-0.4, -0.2) is 46.1 Å². The lowest BCUT2D eigenvalue weighted by atomic mass is 9.94. The number of hydrogen-bond donors (Lipinski definition) is 1. The van der Waals surface area contributed by atoms with E-state index >= 15 is 4.39 Å². The minimum atomic E-state index is -0.649. The lowest BCUT2D eigenvalue weighted by Crippen LogP contribution is -2.30. The predicted molar refractivity (Wildman–Crippen MR) is 127 cm³/mol. The second-order valence-corrected chi connectivity index (χ2v) is 9.81. The zero-order valence-corrected chi connectivity index (χ0v) is 19.6. The minimum Gasteiger partial charge on any atom is -0.462 e. The number of nitrogen functional groups attached to an aromatic ring is 1. The van der Waals surface area contributed by atoms with Crippen molar-refractivity contribution in [2.45, 2.75) is 32.1 Å². The summed E-state index contributed by atoms with van der Waals surface area (Å²) < 4.78 is 42.4. The van der Waals surface area contributed by atoms with Crippen LogP contribution in [0, 0.1) is 23.0 Å². The molecule has 1 saturated heterocycles. The summed E-state index contributed by atoms with van der Waals surface area (Å²) in [6.45, 7) is 1.81. The first-order valence-corrected chi connectivity index (χ1v) is 12.0. The van der Waals surface area contributed by atoms with Crippen molar-refractivity contribution in [1.29, 1.82) is 5.26 Å². The topological polar surface area (TPSA) is 110 Å². The van der Waals surface area contributed by atoms with Crippen LogP contribution in [0.2, 0.25) is 0 Å². The zero-order chi connectivity index (χ0) is 24.3. The Morgan fingerprint density at radius 3 is 2.89 bits per heavy atom. The largest absolute Gasteiger partial charge is 0.462 e. The Balaban J connectivity index is 1.54. The van der Waals surface area contributed by atoms with Crippen molar-refractivity contribution in [3.63, 3.8) is 0 Å². The lowest BCUT2D eigenvalue weighted by molar-refractivity contribution is 0.135. The number of nitrogens with two attached hydrogens (primary N) is 1. The number of nitriles is 1. The van der Waals surface area contributed by atoms with Crippen LogP contribution in [0.1, 0.15) is 29.5 Å². The van der Waals surface area contributed by atoms with Crippen LogP contribution in [0.25, 0.3) is 32.2 Å². The number of aromatic nitrogens is 3. The highest BCUT2D eigenvalue weighted by molar-refractivity contribution is 7.23. The highest BCUT2D eigenvalue weighted by Gasteiger charge is 2.30. The molecule has 2 aliphatic rings. The van der Waals surface area contributed by atoms with Gasteiger partial charge in [0.15, 0.2) is 11.6 Å². The molecule has 0 spiro atoms. The summed E-state index contributed by atoms with van der Waals surface area (Å²) in [6.07, 6.45) is 4.69. The first-order chi connectivity index (χ1) is 17.0. The summed E-state index contributed by atoms with van der Waals surface area (Å²) in [6, 6.07) is 2.35. The Kier molecular flexibility index (Phi) is 5.25. The number of nitrogens with zero attached hydrogens (tertiary/aromatic N) is 5. The van der Waals surface area contributed by atoms with E-state index in [4.69, 9.17) is 15.2 Å². The van der Waals surface area contributed by atoms with Gasteiger partial charge in [0.2, 0.25) is 0 Å². The molecular weight excluding hydrogens is 474 g/mol. The molecule has 11 heteroatoms. The van der Waals surface area contributed by atoms with Crippen molar-refractivity contribution in [2.75, 3.05) is 25.9 Å². The Bertz CT molecular complexity index is 1550. The van der Waals surface area contributed by atoms with E-state index in [1.807, 2.05) is 13.1 Å². The molecule has 2 N–H and O–H groups in total. The summed E-state index contributed by atoms with van der Waals surface area (Å²) in [5.74, 6) is -1.27. The molecule has 1 unspecified atom stereocenters. The third kappa shape index (κ3) is 3.40. The highest BCUT2D eigenvalue weighted by atomic mass is 32.1. The molecule has 0 aliphatic carbocycles. The van der Waals surface area contributed by atoms with Crippen LogP contribution in [0.3, 0.4) is 0 Å². The van der Waals surface area contributed by atoms with Gasteiger partial charge in [0.25, 0.3) is 0 Å². The number of likely N-dealkylation sites (tertiary alicyclic amines) is 1. The zero-order valence-electron chi connectivity index (χ0n) is 18.8. The van der Waals surface area contributed by atoms with Crippen molar-refractivity contribution in [1.82, 2.24) is 19.9 Å². The highest BCUT2D eigenvalue weighted by Crippen LogP contribution is 2.44. The van der Waals surface area contributed by atoms with Gasteiger partial charge in [0.1, 0.15) is 23.2 Å². The van der Waals surface area contributed by atoms with Gasteiger partial charge in [-0.05, 0) is 37.6 Å². The molecule has 1 fully saturated rings. The van der Waals surface area contributed by atoms with Crippen LogP contribution < -0.4 is 10.5 Å². The van der Waals surface area contributed by atoms with Crippen LogP contribution in [0.15, 0.2) is 12.4 Å².